The summed E-state index contributed by atoms with van der Waals surface area (Å²) < 4.78 is 1.02. The lowest BCUT2D eigenvalue weighted by Crippen LogP contribution is -2.34. The number of aliphatic carboxylic acids is 1. The first-order valence-corrected chi connectivity index (χ1v) is 6.29. The zero-order valence-corrected chi connectivity index (χ0v) is 10.5. The predicted octanol–water partition coefficient (Wildman–Crippen LogP) is 0.605. The van der Waals surface area contributed by atoms with E-state index < -0.39 is 18.1 Å². The van der Waals surface area contributed by atoms with Crippen molar-refractivity contribution in [2.45, 2.75) is 38.3 Å². The largest absolute Gasteiger partial charge is 0.480 e. The molecule has 0 aromatic carbocycles. The number of amides is 1. The van der Waals surface area contributed by atoms with E-state index in [1.807, 2.05) is 0 Å². The maximum atomic E-state index is 12.0. The van der Waals surface area contributed by atoms with Crippen molar-refractivity contribution in [2.75, 3.05) is 0 Å². The van der Waals surface area contributed by atoms with Crippen LogP contribution in [0.5, 0.6) is 0 Å². The van der Waals surface area contributed by atoms with Gasteiger partial charge in [-0.3, -0.25) is 14.4 Å². The van der Waals surface area contributed by atoms with Crippen molar-refractivity contribution in [2.24, 2.45) is 0 Å². The molecule has 0 saturated heterocycles. The van der Waals surface area contributed by atoms with Gasteiger partial charge in [-0.15, -0.1) is 0 Å². The van der Waals surface area contributed by atoms with Crippen LogP contribution in [-0.2, 0) is 11.3 Å². The van der Waals surface area contributed by atoms with Crippen molar-refractivity contribution in [1.82, 2.24) is 9.88 Å². The van der Waals surface area contributed by atoms with Crippen LogP contribution in [0.4, 0.5) is 0 Å². The second-order valence-corrected chi connectivity index (χ2v) is 4.73. The first-order chi connectivity index (χ1) is 9.06. The molecule has 1 amide bonds. The number of carboxylic acids is 1. The Morgan fingerprint density at radius 1 is 1.32 bits per heavy atom. The van der Waals surface area contributed by atoms with E-state index in [0.29, 0.717) is 5.56 Å². The van der Waals surface area contributed by atoms with Gasteiger partial charge in [-0.2, -0.15) is 0 Å². The zero-order valence-electron chi connectivity index (χ0n) is 10.5. The van der Waals surface area contributed by atoms with Gasteiger partial charge in [-0.1, -0.05) is 12.8 Å². The van der Waals surface area contributed by atoms with E-state index in [1.165, 1.54) is 18.3 Å². The molecule has 1 heterocycles. The van der Waals surface area contributed by atoms with Crippen molar-refractivity contribution in [3.8, 4) is 0 Å². The number of carbonyl (C=O) groups is 2. The van der Waals surface area contributed by atoms with E-state index >= 15 is 0 Å². The monoisotopic (exact) mass is 264 g/mol. The van der Waals surface area contributed by atoms with Gasteiger partial charge in [0.05, 0.1) is 5.56 Å². The van der Waals surface area contributed by atoms with E-state index in [-0.39, 0.29) is 11.9 Å². The number of carbonyl (C=O) groups excluding carboxylic acids is 1. The number of hydrogen-bond acceptors (Lipinski definition) is 3. The zero-order chi connectivity index (χ0) is 13.8. The summed E-state index contributed by atoms with van der Waals surface area (Å²) >= 11 is 0. The SMILES string of the molecule is O=C(O)Cn1cc(C(=O)NC2CCCC2)ccc1=O. The Hall–Kier alpha value is -2.11. The molecule has 102 valence electrons. The fourth-order valence-electron chi connectivity index (χ4n) is 2.27. The Labute approximate surface area is 110 Å². The third kappa shape index (κ3) is 3.43. The number of nitrogens with one attached hydrogen (secondary N) is 1. The molecule has 1 aliphatic rings. The molecule has 2 rings (SSSR count). The van der Waals surface area contributed by atoms with Gasteiger partial charge in [-0.25, -0.2) is 0 Å². The number of aromatic nitrogens is 1. The normalized spacial score (nSPS) is 15.4. The van der Waals surface area contributed by atoms with Crippen molar-refractivity contribution in [3.63, 3.8) is 0 Å². The number of rotatable bonds is 4. The third-order valence-electron chi connectivity index (χ3n) is 3.24. The van der Waals surface area contributed by atoms with Gasteiger partial charge >= 0.3 is 5.97 Å². The Morgan fingerprint density at radius 2 is 2.00 bits per heavy atom. The molecule has 0 bridgehead atoms. The summed E-state index contributed by atoms with van der Waals surface area (Å²) in [6, 6.07) is 2.82. The summed E-state index contributed by atoms with van der Waals surface area (Å²) in [7, 11) is 0. The molecule has 0 radical (unpaired) electrons. The Bertz CT molecular complexity index is 544. The Balaban J connectivity index is 2.12. The number of carboxylic acid groups (broad SMARTS) is 1. The molecule has 6 heteroatoms. The molecule has 0 unspecified atom stereocenters. The van der Waals surface area contributed by atoms with Crippen LogP contribution in [-0.4, -0.2) is 27.6 Å². The molecule has 1 aromatic heterocycles. The topological polar surface area (TPSA) is 88.4 Å². The van der Waals surface area contributed by atoms with Crippen LogP contribution in [0.1, 0.15) is 36.0 Å². The first-order valence-electron chi connectivity index (χ1n) is 6.29. The molecule has 1 aliphatic carbocycles. The highest BCUT2D eigenvalue weighted by molar-refractivity contribution is 5.94. The first kappa shape index (κ1) is 13.3. The average Bonchev–Trinajstić information content (AvgIpc) is 2.84. The molecule has 0 atom stereocenters. The van der Waals surface area contributed by atoms with Gasteiger partial charge in [0, 0.05) is 18.3 Å². The standard InChI is InChI=1S/C13H16N2O4/c16-11-6-5-9(7-15(11)8-12(17)18)13(19)14-10-3-1-2-4-10/h5-7,10H,1-4,8H2,(H,14,19)(H,17,18). The maximum absolute atomic E-state index is 12.0. The van der Waals surface area contributed by atoms with Crippen LogP contribution in [0, 0.1) is 0 Å². The predicted molar refractivity (Wildman–Crippen MR) is 68.1 cm³/mol. The summed E-state index contributed by atoms with van der Waals surface area (Å²) in [4.78, 5) is 34.0. The minimum atomic E-state index is -1.12. The lowest BCUT2D eigenvalue weighted by atomic mass is 10.2. The molecular weight excluding hydrogens is 248 g/mol. The van der Waals surface area contributed by atoms with Gasteiger partial charge in [0.15, 0.2) is 0 Å². The van der Waals surface area contributed by atoms with Crippen LogP contribution in [0.3, 0.4) is 0 Å². The van der Waals surface area contributed by atoms with Gasteiger partial charge in [0.1, 0.15) is 6.54 Å². The van der Waals surface area contributed by atoms with Crippen molar-refractivity contribution in [1.29, 1.82) is 0 Å². The molecule has 0 aliphatic heterocycles. The summed E-state index contributed by atoms with van der Waals surface area (Å²) in [5.41, 5.74) is -0.118. The molecule has 1 fully saturated rings. The Kier molecular flexibility index (Phi) is 3.99. The van der Waals surface area contributed by atoms with Crippen molar-refractivity contribution in [3.05, 3.63) is 34.2 Å². The highest BCUT2D eigenvalue weighted by atomic mass is 16.4. The maximum Gasteiger partial charge on any atom is 0.323 e. The van der Waals surface area contributed by atoms with Crippen LogP contribution < -0.4 is 10.9 Å². The fourth-order valence-corrected chi connectivity index (χ4v) is 2.27. The summed E-state index contributed by atoms with van der Waals surface area (Å²) in [6.45, 7) is -0.441. The molecule has 19 heavy (non-hydrogen) atoms. The van der Waals surface area contributed by atoms with Crippen molar-refractivity contribution < 1.29 is 14.7 Å². The van der Waals surface area contributed by atoms with Crippen molar-refractivity contribution >= 4 is 11.9 Å². The minimum absolute atomic E-state index is 0.187. The highest BCUT2D eigenvalue weighted by Crippen LogP contribution is 2.17. The average molecular weight is 264 g/mol. The molecule has 0 spiro atoms. The van der Waals surface area contributed by atoms with Crippen LogP contribution in [0.15, 0.2) is 23.1 Å². The molecule has 1 saturated carbocycles. The molecule has 2 N–H and O–H groups in total. The van der Waals surface area contributed by atoms with Crippen LogP contribution >= 0.6 is 0 Å². The number of pyridine rings is 1. The van der Waals surface area contributed by atoms with Crippen LogP contribution in [0.2, 0.25) is 0 Å². The van der Waals surface area contributed by atoms with Gasteiger partial charge in [0.2, 0.25) is 0 Å². The molecule has 1 aromatic rings. The van der Waals surface area contributed by atoms with Gasteiger partial charge in [-0.05, 0) is 18.9 Å². The highest BCUT2D eigenvalue weighted by Gasteiger charge is 2.18. The summed E-state index contributed by atoms with van der Waals surface area (Å²) in [6.07, 6.45) is 5.47. The molecular formula is C13H16N2O4. The van der Waals surface area contributed by atoms with Crippen LogP contribution in [0.25, 0.3) is 0 Å². The van der Waals surface area contributed by atoms with Gasteiger partial charge < -0.3 is 15.0 Å². The van der Waals surface area contributed by atoms with E-state index in [1.54, 1.807) is 0 Å². The Morgan fingerprint density at radius 3 is 2.63 bits per heavy atom. The lowest BCUT2D eigenvalue weighted by Gasteiger charge is -2.12. The van der Waals surface area contributed by atoms with Gasteiger partial charge in [0.25, 0.3) is 11.5 Å². The summed E-state index contributed by atoms with van der Waals surface area (Å²) in [5, 5.41) is 11.6. The third-order valence-corrected chi connectivity index (χ3v) is 3.24. The smallest absolute Gasteiger partial charge is 0.323 e. The van der Waals surface area contributed by atoms with E-state index in [2.05, 4.69) is 5.32 Å². The fraction of sp³-hybridized carbons (Fsp3) is 0.462. The number of nitrogens with zero attached hydrogens (tertiary/aromatic N) is 1. The minimum Gasteiger partial charge on any atom is -0.480 e. The molecule has 6 nitrogen and oxygen atoms in total. The lowest BCUT2D eigenvalue weighted by molar-refractivity contribution is -0.137. The second-order valence-electron chi connectivity index (χ2n) is 4.73. The summed E-state index contributed by atoms with van der Waals surface area (Å²) in [5.74, 6) is -1.37. The van der Waals surface area contributed by atoms with E-state index in [9.17, 15) is 14.4 Å². The quantitative estimate of drug-likeness (QED) is 0.833. The number of hydrogen-bond donors (Lipinski definition) is 2. The van der Waals surface area contributed by atoms with E-state index in [4.69, 9.17) is 5.11 Å². The second kappa shape index (κ2) is 5.69. The van der Waals surface area contributed by atoms with E-state index in [0.717, 1.165) is 30.3 Å².